The molecule has 0 fully saturated rings. The molecule has 1 aliphatic rings. The molecule has 2 heterocycles. The lowest BCUT2D eigenvalue weighted by Crippen LogP contribution is -2.33. The molecule has 0 aliphatic carbocycles. The fourth-order valence-electron chi connectivity index (χ4n) is 5.34. The number of benzene rings is 3. The van der Waals surface area contributed by atoms with Crippen molar-refractivity contribution in [2.75, 3.05) is 12.9 Å². The standard InChI is InChI=1S/C30H23ClF6N2O2S/c1-14-17(12-18-19(30(35,36)37)8-5-9-20(18)32)29-39(28(40)24(14)15-6-4-11-23(41-2)26(15)34)22(13-42-29)27(38)16-7-3-10-21(33)25(16)31/h3-11,22,27H,12-13,38H2,1-2H3/t22-,27?/m1/s1. The molecule has 12 heteroatoms. The van der Waals surface area contributed by atoms with E-state index in [4.69, 9.17) is 22.1 Å². The van der Waals surface area contributed by atoms with Gasteiger partial charge in [-0.1, -0.05) is 41.9 Å². The van der Waals surface area contributed by atoms with Crippen LogP contribution in [0.25, 0.3) is 11.1 Å². The van der Waals surface area contributed by atoms with Gasteiger partial charge in [0.1, 0.15) is 11.6 Å². The summed E-state index contributed by atoms with van der Waals surface area (Å²) in [5.74, 6) is -2.63. The molecule has 1 unspecified atom stereocenters. The van der Waals surface area contributed by atoms with Crippen molar-refractivity contribution in [3.8, 4) is 16.9 Å². The van der Waals surface area contributed by atoms with Crippen LogP contribution in [0.2, 0.25) is 5.02 Å². The first-order chi connectivity index (χ1) is 19.9. The summed E-state index contributed by atoms with van der Waals surface area (Å²) in [6.45, 7) is 1.48. The van der Waals surface area contributed by atoms with Gasteiger partial charge >= 0.3 is 6.18 Å². The largest absolute Gasteiger partial charge is 0.494 e. The van der Waals surface area contributed by atoms with Crippen molar-refractivity contribution < 1.29 is 31.1 Å². The molecule has 0 spiro atoms. The Morgan fingerprint density at radius 2 is 1.71 bits per heavy atom. The van der Waals surface area contributed by atoms with Crippen LogP contribution in [0, 0.1) is 24.4 Å². The number of fused-ring (bicyclic) bond motifs is 1. The van der Waals surface area contributed by atoms with Crippen molar-refractivity contribution in [2.24, 2.45) is 5.73 Å². The van der Waals surface area contributed by atoms with Gasteiger partial charge in [0, 0.05) is 23.3 Å². The number of rotatable bonds is 6. The molecule has 1 aromatic heterocycles. The maximum absolute atomic E-state index is 15.6. The smallest absolute Gasteiger partial charge is 0.416 e. The summed E-state index contributed by atoms with van der Waals surface area (Å²) >= 11 is 7.34. The van der Waals surface area contributed by atoms with Gasteiger partial charge in [0.05, 0.1) is 40.4 Å². The summed E-state index contributed by atoms with van der Waals surface area (Å²) < 4.78 is 93.0. The first-order valence-electron chi connectivity index (χ1n) is 12.6. The van der Waals surface area contributed by atoms with Crippen LogP contribution in [0.4, 0.5) is 26.3 Å². The van der Waals surface area contributed by atoms with Crippen molar-refractivity contribution in [3.63, 3.8) is 0 Å². The van der Waals surface area contributed by atoms with Crippen LogP contribution in [0.3, 0.4) is 0 Å². The zero-order valence-corrected chi connectivity index (χ0v) is 23.7. The third-order valence-corrected chi connectivity index (χ3v) is 9.07. The highest BCUT2D eigenvalue weighted by atomic mass is 35.5. The Hall–Kier alpha value is -3.41. The Balaban J connectivity index is 1.80. The second kappa shape index (κ2) is 11.3. The lowest BCUT2D eigenvalue weighted by Gasteiger charge is -2.25. The highest BCUT2D eigenvalue weighted by Gasteiger charge is 2.38. The summed E-state index contributed by atoms with van der Waals surface area (Å²) in [4.78, 5) is 14.2. The number of methoxy groups -OCH3 is 1. The number of nitrogens with two attached hydrogens (primary N) is 1. The van der Waals surface area contributed by atoms with Crippen LogP contribution in [0.1, 0.15) is 39.9 Å². The lowest BCUT2D eigenvalue weighted by atomic mass is 9.91. The summed E-state index contributed by atoms with van der Waals surface area (Å²) in [5.41, 5.74) is 4.40. The number of ether oxygens (including phenoxy) is 1. The third-order valence-electron chi connectivity index (χ3n) is 7.45. The molecule has 4 nitrogen and oxygen atoms in total. The van der Waals surface area contributed by atoms with Crippen LogP contribution >= 0.6 is 23.4 Å². The number of alkyl halides is 3. The van der Waals surface area contributed by atoms with Crippen molar-refractivity contribution in [3.05, 3.63) is 115 Å². The van der Waals surface area contributed by atoms with E-state index in [-0.39, 0.29) is 49.4 Å². The molecule has 2 atom stereocenters. The Bertz CT molecular complexity index is 1760. The minimum Gasteiger partial charge on any atom is -0.494 e. The number of aromatic nitrogens is 1. The molecule has 5 rings (SSSR count). The molecular formula is C30H23ClF6N2O2S. The van der Waals surface area contributed by atoms with E-state index < -0.39 is 58.8 Å². The fourth-order valence-corrected chi connectivity index (χ4v) is 7.04. The van der Waals surface area contributed by atoms with Crippen LogP contribution in [0.15, 0.2) is 64.4 Å². The SMILES string of the molecule is COc1cccc(-c2c(C)c(Cc3c(F)cccc3C(F)(F)F)c3n(c2=O)[C@@H](C(N)c2cccc(F)c2Cl)CS3)c1F. The average molecular weight is 625 g/mol. The zero-order chi connectivity index (χ0) is 30.5. The molecule has 2 N–H and O–H groups in total. The van der Waals surface area contributed by atoms with Gasteiger partial charge in [0.25, 0.3) is 5.56 Å². The highest BCUT2D eigenvalue weighted by Crippen LogP contribution is 2.45. The van der Waals surface area contributed by atoms with E-state index in [1.807, 2.05) is 0 Å². The van der Waals surface area contributed by atoms with Crippen molar-refractivity contribution in [1.82, 2.24) is 4.57 Å². The van der Waals surface area contributed by atoms with E-state index in [0.29, 0.717) is 0 Å². The normalized spacial score (nSPS) is 15.5. The molecule has 42 heavy (non-hydrogen) atoms. The molecule has 220 valence electrons. The highest BCUT2D eigenvalue weighted by molar-refractivity contribution is 7.99. The summed E-state index contributed by atoms with van der Waals surface area (Å²) in [6, 6.07) is 9.07. The van der Waals surface area contributed by atoms with Crippen molar-refractivity contribution >= 4 is 23.4 Å². The minimum atomic E-state index is -4.85. The van der Waals surface area contributed by atoms with Crippen molar-refractivity contribution in [1.29, 1.82) is 0 Å². The Morgan fingerprint density at radius 3 is 2.40 bits per heavy atom. The number of pyridine rings is 1. The van der Waals surface area contributed by atoms with E-state index in [1.54, 1.807) is 0 Å². The first-order valence-corrected chi connectivity index (χ1v) is 14.0. The molecule has 1 aliphatic heterocycles. The van der Waals surface area contributed by atoms with Crippen LogP contribution in [-0.4, -0.2) is 17.4 Å². The van der Waals surface area contributed by atoms with Gasteiger partial charge in [-0.05, 0) is 47.9 Å². The topological polar surface area (TPSA) is 57.2 Å². The zero-order valence-electron chi connectivity index (χ0n) is 22.2. The van der Waals surface area contributed by atoms with Crippen molar-refractivity contribution in [2.45, 2.75) is 36.6 Å². The maximum atomic E-state index is 15.6. The molecular weight excluding hydrogens is 602 g/mol. The molecule has 4 aromatic rings. The Kier molecular flexibility index (Phi) is 8.12. The molecule has 0 saturated heterocycles. The molecule has 0 radical (unpaired) electrons. The number of nitrogens with zero attached hydrogens (tertiary/aromatic N) is 1. The van der Waals surface area contributed by atoms with Gasteiger partial charge in [-0.25, -0.2) is 13.2 Å². The number of thioether (sulfide) groups is 1. The summed E-state index contributed by atoms with van der Waals surface area (Å²) in [7, 11) is 1.25. The van der Waals surface area contributed by atoms with Gasteiger partial charge in [-0.2, -0.15) is 13.2 Å². The Labute approximate surface area is 246 Å². The maximum Gasteiger partial charge on any atom is 0.416 e. The van der Waals surface area contributed by atoms with Gasteiger partial charge in [0.15, 0.2) is 11.6 Å². The second-order valence-corrected chi connectivity index (χ2v) is 11.2. The van der Waals surface area contributed by atoms with E-state index in [2.05, 4.69) is 0 Å². The second-order valence-electron chi connectivity index (χ2n) is 9.77. The average Bonchev–Trinajstić information content (AvgIpc) is 3.38. The van der Waals surface area contributed by atoms with Crippen LogP contribution in [0.5, 0.6) is 5.75 Å². The minimum absolute atomic E-state index is 0.139. The predicted octanol–water partition coefficient (Wildman–Crippen LogP) is 7.86. The molecule has 0 bridgehead atoms. The summed E-state index contributed by atoms with van der Waals surface area (Å²) in [5, 5.41) is 0.0259. The van der Waals surface area contributed by atoms with E-state index >= 15 is 8.78 Å². The lowest BCUT2D eigenvalue weighted by molar-refractivity contribution is -0.138. The molecule has 3 aromatic carbocycles. The third kappa shape index (κ3) is 5.07. The molecule has 0 saturated carbocycles. The molecule has 0 amide bonds. The van der Waals surface area contributed by atoms with Gasteiger partial charge in [0.2, 0.25) is 0 Å². The monoisotopic (exact) mass is 624 g/mol. The fraction of sp³-hybridized carbons (Fsp3) is 0.233. The van der Waals surface area contributed by atoms with Crippen LogP contribution in [-0.2, 0) is 12.6 Å². The quantitative estimate of drug-likeness (QED) is 0.222. The van der Waals surface area contributed by atoms with Gasteiger partial charge in [-0.3, -0.25) is 9.36 Å². The number of halogens is 7. The number of hydrogen-bond donors (Lipinski definition) is 1. The Morgan fingerprint density at radius 1 is 1.05 bits per heavy atom. The van der Waals surface area contributed by atoms with E-state index in [0.717, 1.165) is 36.0 Å². The van der Waals surface area contributed by atoms with E-state index in [1.165, 1.54) is 48.9 Å². The first kappa shape index (κ1) is 30.1. The van der Waals surface area contributed by atoms with E-state index in [9.17, 15) is 22.4 Å². The predicted molar refractivity (Wildman–Crippen MR) is 150 cm³/mol. The van der Waals surface area contributed by atoms with Gasteiger partial charge < -0.3 is 10.5 Å². The van der Waals surface area contributed by atoms with Crippen LogP contribution < -0.4 is 16.0 Å². The number of hydrogen-bond acceptors (Lipinski definition) is 4. The summed E-state index contributed by atoms with van der Waals surface area (Å²) in [6.07, 6.45) is -5.40. The van der Waals surface area contributed by atoms with Gasteiger partial charge in [-0.15, -0.1) is 11.8 Å².